The van der Waals surface area contributed by atoms with Crippen molar-refractivity contribution in [3.63, 3.8) is 0 Å². The second-order valence-corrected chi connectivity index (χ2v) is 6.80. The molecule has 0 aliphatic rings. The third-order valence-corrected chi connectivity index (χ3v) is 3.93. The summed E-state index contributed by atoms with van der Waals surface area (Å²) in [5.74, 6) is -1.16. The van der Waals surface area contributed by atoms with Crippen LogP contribution in [-0.4, -0.2) is 116 Å². The van der Waals surface area contributed by atoms with Gasteiger partial charge in [-0.15, -0.1) is 0 Å². The van der Waals surface area contributed by atoms with Crippen LogP contribution in [0.25, 0.3) is 0 Å². The second kappa shape index (κ2) is 26.9. The van der Waals surface area contributed by atoms with Crippen molar-refractivity contribution in [2.24, 2.45) is 0 Å². The Bertz CT molecular complexity index is 435. The molecule has 0 rings (SSSR count). The number of carbonyl (C=O) groups is 2. The molecular formula is C22H42O11. The summed E-state index contributed by atoms with van der Waals surface area (Å²) in [5, 5.41) is 8.39. The maximum absolute atomic E-state index is 11.4. The van der Waals surface area contributed by atoms with E-state index in [4.69, 9.17) is 43.0 Å². The first-order valence-corrected chi connectivity index (χ1v) is 11.6. The van der Waals surface area contributed by atoms with E-state index in [1.807, 2.05) is 0 Å². The normalized spacial score (nSPS) is 11.1. The summed E-state index contributed by atoms with van der Waals surface area (Å²) in [5.41, 5.74) is 0. The fraction of sp³-hybridized carbons (Fsp3) is 0.909. The molecule has 0 saturated carbocycles. The predicted molar refractivity (Wildman–Crippen MR) is 118 cm³/mol. The number of unbranched alkanes of at least 4 members (excludes halogenated alkanes) is 2. The summed E-state index contributed by atoms with van der Waals surface area (Å²) >= 11 is 0. The van der Waals surface area contributed by atoms with E-state index in [0.29, 0.717) is 85.7 Å². The third-order valence-electron chi connectivity index (χ3n) is 3.93. The lowest BCUT2D eigenvalue weighted by Gasteiger charge is -2.08. The summed E-state index contributed by atoms with van der Waals surface area (Å²) in [6.07, 6.45) is 3.48. The van der Waals surface area contributed by atoms with Crippen LogP contribution in [0.2, 0.25) is 0 Å². The minimum atomic E-state index is -0.996. The van der Waals surface area contributed by atoms with Crippen molar-refractivity contribution in [3.8, 4) is 0 Å². The molecule has 0 amide bonds. The molecule has 1 N–H and O–H groups in total. The van der Waals surface area contributed by atoms with E-state index in [1.165, 1.54) is 0 Å². The van der Waals surface area contributed by atoms with Gasteiger partial charge >= 0.3 is 11.9 Å². The lowest BCUT2D eigenvalue weighted by Crippen LogP contribution is -2.15. The number of hydrogen-bond acceptors (Lipinski definition) is 10. The smallest absolute Gasteiger partial charge is 0.329 e. The lowest BCUT2D eigenvalue weighted by atomic mass is 10.2. The Hall–Kier alpha value is -1.34. The summed E-state index contributed by atoms with van der Waals surface area (Å²) in [6.45, 7) is 7.57. The van der Waals surface area contributed by atoms with Crippen molar-refractivity contribution in [3.05, 3.63) is 0 Å². The highest BCUT2D eigenvalue weighted by Gasteiger charge is 2.01. The fourth-order valence-corrected chi connectivity index (χ4v) is 2.28. The monoisotopic (exact) mass is 482 g/mol. The van der Waals surface area contributed by atoms with Crippen molar-refractivity contribution in [1.82, 2.24) is 0 Å². The van der Waals surface area contributed by atoms with Crippen molar-refractivity contribution in [2.75, 3.05) is 99.1 Å². The highest BCUT2D eigenvalue weighted by atomic mass is 16.6. The van der Waals surface area contributed by atoms with Gasteiger partial charge in [-0.3, -0.25) is 4.79 Å². The summed E-state index contributed by atoms with van der Waals surface area (Å²) in [4.78, 5) is 21.6. The van der Waals surface area contributed by atoms with Crippen LogP contribution in [0.3, 0.4) is 0 Å². The Morgan fingerprint density at radius 3 is 1.27 bits per heavy atom. The Morgan fingerprint density at radius 2 is 0.909 bits per heavy atom. The SMILES string of the molecule is CCCCCC(=O)OCCOCCOCCOCCOCCOCCOCCOCC(=O)O. The van der Waals surface area contributed by atoms with E-state index < -0.39 is 5.97 Å². The quantitative estimate of drug-likeness (QED) is 0.134. The molecule has 0 unspecified atom stereocenters. The van der Waals surface area contributed by atoms with Gasteiger partial charge in [0.15, 0.2) is 0 Å². The first-order valence-electron chi connectivity index (χ1n) is 11.6. The number of carboxylic acid groups (broad SMARTS) is 1. The highest BCUT2D eigenvalue weighted by Crippen LogP contribution is 2.00. The molecule has 0 bridgehead atoms. The average molecular weight is 483 g/mol. The predicted octanol–water partition coefficient (Wildman–Crippen LogP) is 1.31. The zero-order valence-electron chi connectivity index (χ0n) is 20.0. The van der Waals surface area contributed by atoms with E-state index in [0.717, 1.165) is 19.3 Å². The zero-order chi connectivity index (χ0) is 24.2. The van der Waals surface area contributed by atoms with Gasteiger partial charge in [0.2, 0.25) is 0 Å². The molecule has 0 atom stereocenters. The molecule has 11 heteroatoms. The first-order chi connectivity index (χ1) is 16.2. The van der Waals surface area contributed by atoms with Crippen LogP contribution in [0.5, 0.6) is 0 Å². The number of rotatable bonds is 27. The van der Waals surface area contributed by atoms with Crippen LogP contribution in [0.15, 0.2) is 0 Å². The number of esters is 1. The molecule has 0 aromatic heterocycles. The summed E-state index contributed by atoms with van der Waals surface area (Å²) in [6, 6.07) is 0. The molecule has 0 fully saturated rings. The van der Waals surface area contributed by atoms with E-state index in [-0.39, 0.29) is 25.8 Å². The van der Waals surface area contributed by atoms with Gasteiger partial charge in [0, 0.05) is 6.42 Å². The van der Waals surface area contributed by atoms with Crippen LogP contribution >= 0.6 is 0 Å². The maximum atomic E-state index is 11.4. The van der Waals surface area contributed by atoms with Gasteiger partial charge in [0.05, 0.1) is 85.9 Å². The fourth-order valence-electron chi connectivity index (χ4n) is 2.28. The van der Waals surface area contributed by atoms with E-state index in [9.17, 15) is 9.59 Å². The molecule has 0 heterocycles. The molecule has 0 aromatic rings. The van der Waals surface area contributed by atoms with E-state index >= 15 is 0 Å². The molecule has 0 aliphatic carbocycles. The Balaban J connectivity index is 3.08. The van der Waals surface area contributed by atoms with Crippen molar-refractivity contribution in [1.29, 1.82) is 0 Å². The minimum Gasteiger partial charge on any atom is -0.480 e. The Morgan fingerprint density at radius 1 is 0.545 bits per heavy atom. The maximum Gasteiger partial charge on any atom is 0.329 e. The van der Waals surface area contributed by atoms with Crippen LogP contribution in [-0.2, 0) is 47.5 Å². The molecule has 0 aliphatic heterocycles. The van der Waals surface area contributed by atoms with E-state index in [1.54, 1.807) is 0 Å². The Kier molecular flexibility index (Phi) is 25.8. The van der Waals surface area contributed by atoms with Gasteiger partial charge in [-0.1, -0.05) is 19.8 Å². The Labute approximate surface area is 196 Å². The largest absolute Gasteiger partial charge is 0.480 e. The first kappa shape index (κ1) is 31.7. The van der Waals surface area contributed by atoms with Gasteiger partial charge < -0.3 is 43.0 Å². The van der Waals surface area contributed by atoms with Gasteiger partial charge in [-0.2, -0.15) is 0 Å². The van der Waals surface area contributed by atoms with E-state index in [2.05, 4.69) is 6.92 Å². The van der Waals surface area contributed by atoms with Crippen LogP contribution < -0.4 is 0 Å². The standard InChI is InChI=1S/C22H42O11/c1-2-3-4-5-22(25)33-19-18-31-15-14-29-11-10-27-7-6-26-8-9-28-12-13-30-16-17-32-20-21(23)24/h2-20H2,1H3,(H,23,24). The van der Waals surface area contributed by atoms with Gasteiger partial charge in [0.1, 0.15) is 13.2 Å². The van der Waals surface area contributed by atoms with Gasteiger partial charge in [-0.25, -0.2) is 4.79 Å². The molecule has 196 valence electrons. The molecule has 33 heavy (non-hydrogen) atoms. The summed E-state index contributed by atoms with van der Waals surface area (Å²) in [7, 11) is 0. The zero-order valence-corrected chi connectivity index (χ0v) is 20.0. The molecule has 0 spiro atoms. The number of aliphatic carboxylic acids is 1. The molecule has 0 radical (unpaired) electrons. The number of ether oxygens (including phenoxy) is 8. The topological polar surface area (TPSA) is 128 Å². The number of carboxylic acids is 1. The van der Waals surface area contributed by atoms with Crippen LogP contribution in [0.4, 0.5) is 0 Å². The molecule has 0 saturated heterocycles. The average Bonchev–Trinajstić information content (AvgIpc) is 2.79. The number of carbonyl (C=O) groups excluding carboxylic acids is 1. The molecular weight excluding hydrogens is 440 g/mol. The van der Waals surface area contributed by atoms with Crippen molar-refractivity contribution in [2.45, 2.75) is 32.6 Å². The van der Waals surface area contributed by atoms with Gasteiger partial charge in [-0.05, 0) is 6.42 Å². The minimum absolute atomic E-state index is 0.166. The number of hydrogen-bond donors (Lipinski definition) is 1. The van der Waals surface area contributed by atoms with Crippen LogP contribution in [0, 0.1) is 0 Å². The van der Waals surface area contributed by atoms with Crippen LogP contribution in [0.1, 0.15) is 32.6 Å². The van der Waals surface area contributed by atoms with Crippen molar-refractivity contribution < 1.29 is 52.6 Å². The van der Waals surface area contributed by atoms with Crippen molar-refractivity contribution >= 4 is 11.9 Å². The molecule has 11 nitrogen and oxygen atoms in total. The molecule has 0 aromatic carbocycles. The second-order valence-electron chi connectivity index (χ2n) is 6.80. The lowest BCUT2D eigenvalue weighted by molar-refractivity contribution is -0.145. The third kappa shape index (κ3) is 28.6. The van der Waals surface area contributed by atoms with Gasteiger partial charge in [0.25, 0.3) is 0 Å². The highest BCUT2D eigenvalue weighted by molar-refractivity contribution is 5.69. The summed E-state index contributed by atoms with van der Waals surface area (Å²) < 4.78 is 41.9.